The van der Waals surface area contributed by atoms with Crippen molar-refractivity contribution >= 4 is 38.6 Å². The highest BCUT2D eigenvalue weighted by molar-refractivity contribution is 7.92. The number of nitrogens with one attached hydrogen (secondary N) is 1. The first-order valence-corrected chi connectivity index (χ1v) is 11.9. The second-order valence-corrected chi connectivity index (χ2v) is 10.4. The second-order valence-electron chi connectivity index (χ2n) is 7.36. The number of nitrogens with two attached hydrogens (primary N) is 1. The number of anilines is 1. The summed E-state index contributed by atoms with van der Waals surface area (Å²) >= 11 is 7.19. The summed E-state index contributed by atoms with van der Waals surface area (Å²) < 4.78 is 47.6. The van der Waals surface area contributed by atoms with E-state index in [1.807, 2.05) is 0 Å². The number of aromatic nitrogens is 3. The van der Waals surface area contributed by atoms with Crippen molar-refractivity contribution in [2.45, 2.75) is 24.3 Å². The minimum absolute atomic E-state index is 0.0255. The average Bonchev–Trinajstić information content (AvgIpc) is 3.40. The van der Waals surface area contributed by atoms with Crippen LogP contribution in [-0.4, -0.2) is 23.4 Å². The van der Waals surface area contributed by atoms with Crippen LogP contribution >= 0.6 is 22.9 Å². The molecular formula is C20H17ClFN5O3S2. The highest BCUT2D eigenvalue weighted by Gasteiger charge is 2.27. The summed E-state index contributed by atoms with van der Waals surface area (Å²) in [5, 5.41) is 0.568. The number of sulfonamides is 1. The van der Waals surface area contributed by atoms with E-state index in [2.05, 4.69) is 19.7 Å². The molecule has 0 bridgehead atoms. The molecule has 0 aliphatic rings. The van der Waals surface area contributed by atoms with Crippen LogP contribution in [0.1, 0.15) is 18.9 Å². The van der Waals surface area contributed by atoms with E-state index >= 15 is 4.39 Å². The molecule has 0 aliphatic carbocycles. The fourth-order valence-electron chi connectivity index (χ4n) is 2.82. The van der Waals surface area contributed by atoms with Gasteiger partial charge in [-0.1, -0.05) is 6.07 Å². The SMILES string of the molecule is CC(C)(N)c1nc(-c2cccc(NS(=O)(=O)c3ccoc3)c2F)c(-c2ccnc(Cl)n2)s1. The normalized spacial score (nSPS) is 12.2. The Morgan fingerprint density at radius 3 is 2.66 bits per heavy atom. The molecule has 0 atom stereocenters. The Hall–Kier alpha value is -2.86. The predicted molar refractivity (Wildman–Crippen MR) is 120 cm³/mol. The van der Waals surface area contributed by atoms with Crippen molar-refractivity contribution in [2.75, 3.05) is 4.72 Å². The minimum atomic E-state index is -4.04. The van der Waals surface area contributed by atoms with Crippen LogP contribution in [0.2, 0.25) is 5.28 Å². The summed E-state index contributed by atoms with van der Waals surface area (Å²) in [6.45, 7) is 3.55. The number of rotatable bonds is 6. The predicted octanol–water partition coefficient (Wildman–Crippen LogP) is 4.65. The highest BCUT2D eigenvalue weighted by Crippen LogP contribution is 2.41. The maximum atomic E-state index is 15.5. The summed E-state index contributed by atoms with van der Waals surface area (Å²) in [5.74, 6) is -0.798. The van der Waals surface area contributed by atoms with Gasteiger partial charge in [0.15, 0.2) is 5.82 Å². The van der Waals surface area contributed by atoms with Crippen molar-refractivity contribution in [2.24, 2.45) is 5.73 Å². The zero-order valence-corrected chi connectivity index (χ0v) is 19.2. The van der Waals surface area contributed by atoms with Gasteiger partial charge in [0.05, 0.1) is 33.8 Å². The summed E-state index contributed by atoms with van der Waals surface area (Å²) in [6.07, 6.45) is 3.75. The molecule has 0 spiro atoms. The zero-order valence-electron chi connectivity index (χ0n) is 16.8. The van der Waals surface area contributed by atoms with Gasteiger partial charge in [-0.25, -0.2) is 27.8 Å². The molecule has 1 aromatic carbocycles. The smallest absolute Gasteiger partial charge is 0.265 e. The number of thiazole rings is 1. The number of halogens is 2. The van der Waals surface area contributed by atoms with Gasteiger partial charge in [-0.2, -0.15) is 0 Å². The molecular weight excluding hydrogens is 477 g/mol. The Labute approximate surface area is 192 Å². The topological polar surface area (TPSA) is 124 Å². The van der Waals surface area contributed by atoms with E-state index in [-0.39, 0.29) is 27.1 Å². The number of hydrogen-bond acceptors (Lipinski definition) is 8. The molecule has 0 fully saturated rings. The molecule has 4 aromatic rings. The molecule has 0 saturated carbocycles. The summed E-state index contributed by atoms with van der Waals surface area (Å²) in [5.41, 5.74) is 5.97. The lowest BCUT2D eigenvalue weighted by Gasteiger charge is -2.14. The van der Waals surface area contributed by atoms with Gasteiger partial charge < -0.3 is 10.2 Å². The van der Waals surface area contributed by atoms with Crippen LogP contribution in [-0.2, 0) is 15.6 Å². The third-order valence-electron chi connectivity index (χ3n) is 4.34. The van der Waals surface area contributed by atoms with E-state index in [0.717, 1.165) is 6.26 Å². The summed E-state index contributed by atoms with van der Waals surface area (Å²) in [7, 11) is -4.04. The molecule has 4 rings (SSSR count). The third-order valence-corrected chi connectivity index (χ3v) is 7.28. The molecule has 166 valence electrons. The van der Waals surface area contributed by atoms with E-state index in [4.69, 9.17) is 21.8 Å². The lowest BCUT2D eigenvalue weighted by atomic mass is 10.1. The van der Waals surface area contributed by atoms with Gasteiger partial charge in [-0.15, -0.1) is 11.3 Å². The summed E-state index contributed by atoms with van der Waals surface area (Å²) in [4.78, 5) is 13.0. The van der Waals surface area contributed by atoms with Gasteiger partial charge >= 0.3 is 0 Å². The fraction of sp³-hybridized carbons (Fsp3) is 0.150. The van der Waals surface area contributed by atoms with Gasteiger partial charge in [0.25, 0.3) is 10.0 Å². The number of benzene rings is 1. The van der Waals surface area contributed by atoms with Crippen LogP contribution < -0.4 is 10.5 Å². The van der Waals surface area contributed by atoms with Gasteiger partial charge in [0, 0.05) is 11.8 Å². The molecule has 0 radical (unpaired) electrons. The standard InChI is InChI=1S/C20H17ClFN5O3S2/c1-20(2,23)18-26-16(17(31-18)14-6-8-24-19(21)25-14)12-4-3-5-13(15(12)22)27-32(28,29)11-7-9-30-10-11/h3-10,27H,23H2,1-2H3. The number of furan rings is 1. The van der Waals surface area contributed by atoms with Gasteiger partial charge in [0.2, 0.25) is 5.28 Å². The second kappa shape index (κ2) is 8.24. The number of nitrogens with zero attached hydrogens (tertiary/aromatic N) is 3. The zero-order chi connectivity index (χ0) is 23.1. The van der Waals surface area contributed by atoms with Crippen LogP contribution in [0, 0.1) is 5.82 Å². The molecule has 12 heteroatoms. The first kappa shape index (κ1) is 22.3. The molecule has 3 N–H and O–H groups in total. The van der Waals surface area contributed by atoms with Crippen LogP contribution in [0.4, 0.5) is 10.1 Å². The van der Waals surface area contributed by atoms with E-state index in [0.29, 0.717) is 15.6 Å². The Kier molecular flexibility index (Phi) is 5.76. The van der Waals surface area contributed by atoms with E-state index in [1.165, 1.54) is 48.1 Å². The lowest BCUT2D eigenvalue weighted by molar-refractivity contribution is 0.550. The Bertz CT molecular complexity index is 1380. The van der Waals surface area contributed by atoms with Crippen LogP contribution in [0.3, 0.4) is 0 Å². The Morgan fingerprint density at radius 1 is 1.22 bits per heavy atom. The van der Waals surface area contributed by atoms with Crippen LogP contribution in [0.15, 0.2) is 58.4 Å². The first-order valence-electron chi connectivity index (χ1n) is 9.19. The van der Waals surface area contributed by atoms with E-state index in [9.17, 15) is 8.42 Å². The molecule has 3 aromatic heterocycles. The molecule has 32 heavy (non-hydrogen) atoms. The molecule has 0 amide bonds. The third kappa shape index (κ3) is 4.37. The molecule has 0 saturated heterocycles. The highest BCUT2D eigenvalue weighted by atomic mass is 35.5. The van der Waals surface area contributed by atoms with Crippen molar-refractivity contribution in [1.29, 1.82) is 0 Å². The maximum Gasteiger partial charge on any atom is 0.265 e. The van der Waals surface area contributed by atoms with Crippen molar-refractivity contribution in [3.63, 3.8) is 0 Å². The van der Waals surface area contributed by atoms with Crippen molar-refractivity contribution < 1.29 is 17.2 Å². The van der Waals surface area contributed by atoms with Crippen LogP contribution in [0.25, 0.3) is 21.8 Å². The van der Waals surface area contributed by atoms with Crippen molar-refractivity contribution in [3.8, 4) is 21.8 Å². The van der Waals surface area contributed by atoms with Gasteiger partial charge in [-0.3, -0.25) is 4.72 Å². The van der Waals surface area contributed by atoms with Crippen molar-refractivity contribution in [1.82, 2.24) is 15.0 Å². The van der Waals surface area contributed by atoms with E-state index < -0.39 is 21.4 Å². The fourth-order valence-corrected chi connectivity index (χ4v) is 5.01. The van der Waals surface area contributed by atoms with Crippen LogP contribution in [0.5, 0.6) is 0 Å². The first-order chi connectivity index (χ1) is 15.1. The maximum absolute atomic E-state index is 15.5. The molecule has 8 nitrogen and oxygen atoms in total. The average molecular weight is 494 g/mol. The molecule has 3 heterocycles. The van der Waals surface area contributed by atoms with E-state index in [1.54, 1.807) is 19.9 Å². The molecule has 0 aliphatic heterocycles. The molecule has 0 unspecified atom stereocenters. The Balaban J connectivity index is 1.85. The Morgan fingerprint density at radius 2 is 2.00 bits per heavy atom. The lowest BCUT2D eigenvalue weighted by Crippen LogP contribution is -2.28. The quantitative estimate of drug-likeness (QED) is 0.374. The monoisotopic (exact) mass is 493 g/mol. The minimum Gasteiger partial charge on any atom is -0.471 e. The van der Waals surface area contributed by atoms with Gasteiger partial charge in [-0.05, 0) is 49.7 Å². The number of hydrogen-bond donors (Lipinski definition) is 2. The largest absolute Gasteiger partial charge is 0.471 e. The summed E-state index contributed by atoms with van der Waals surface area (Å²) in [6, 6.07) is 7.23. The van der Waals surface area contributed by atoms with Gasteiger partial charge in [0.1, 0.15) is 16.2 Å². The van der Waals surface area contributed by atoms with Crippen molar-refractivity contribution in [3.05, 3.63) is 65.2 Å².